The number of rotatable bonds is 1. The average molecular weight is 269 g/mol. The van der Waals surface area contributed by atoms with Crippen LogP contribution in [0.5, 0.6) is 0 Å². The Morgan fingerprint density at radius 2 is 1.89 bits per heavy atom. The molecule has 0 spiro atoms. The minimum absolute atomic E-state index is 0.0168. The van der Waals surface area contributed by atoms with Gasteiger partial charge in [0.2, 0.25) is 0 Å². The number of benzene rings is 1. The number of allylic oxidation sites excluding steroid dienone is 1. The summed E-state index contributed by atoms with van der Waals surface area (Å²) in [5.41, 5.74) is -0.624. The molecular formula is C12H8F3N2O2. The van der Waals surface area contributed by atoms with Crippen molar-refractivity contribution in [3.63, 3.8) is 0 Å². The Morgan fingerprint density at radius 3 is 2.53 bits per heavy atom. The van der Waals surface area contributed by atoms with Crippen molar-refractivity contribution in [3.05, 3.63) is 41.7 Å². The highest BCUT2D eigenvalue weighted by atomic mass is 19.4. The summed E-state index contributed by atoms with van der Waals surface area (Å²) in [5, 5.41) is 3.32. The Morgan fingerprint density at radius 1 is 1.21 bits per heavy atom. The van der Waals surface area contributed by atoms with Crippen LogP contribution in [-0.4, -0.2) is 11.8 Å². The van der Waals surface area contributed by atoms with Crippen molar-refractivity contribution in [2.75, 3.05) is 4.90 Å². The number of hydrogen-bond acceptors (Lipinski definition) is 2. The Bertz CT molecular complexity index is 579. The molecule has 1 aliphatic heterocycles. The van der Waals surface area contributed by atoms with E-state index in [0.717, 1.165) is 23.2 Å². The van der Waals surface area contributed by atoms with Gasteiger partial charge < -0.3 is 0 Å². The number of anilines is 1. The molecule has 0 saturated carbocycles. The molecule has 0 N–H and O–H groups in total. The first-order chi connectivity index (χ1) is 8.80. The third-order valence-corrected chi connectivity index (χ3v) is 2.54. The first kappa shape index (κ1) is 13.1. The van der Waals surface area contributed by atoms with E-state index >= 15 is 0 Å². The van der Waals surface area contributed by atoms with Crippen LogP contribution >= 0.6 is 0 Å². The molecule has 1 heterocycles. The lowest BCUT2D eigenvalue weighted by Gasteiger charge is -2.25. The van der Waals surface area contributed by atoms with Crippen LogP contribution in [0.1, 0.15) is 12.5 Å². The SMILES string of the molecule is CC1=C[N]C(=O)C(=O)N1c1cccc(C(F)(F)F)c1. The highest BCUT2D eigenvalue weighted by Gasteiger charge is 2.33. The second kappa shape index (κ2) is 4.42. The Kier molecular flexibility index (Phi) is 3.05. The van der Waals surface area contributed by atoms with Gasteiger partial charge in [0.25, 0.3) is 0 Å². The van der Waals surface area contributed by atoms with Gasteiger partial charge in [-0.25, -0.2) is 5.32 Å². The van der Waals surface area contributed by atoms with Crippen LogP contribution in [0.3, 0.4) is 0 Å². The quantitative estimate of drug-likeness (QED) is 0.732. The molecule has 1 aromatic rings. The van der Waals surface area contributed by atoms with Crippen LogP contribution < -0.4 is 10.2 Å². The zero-order valence-electron chi connectivity index (χ0n) is 9.73. The topological polar surface area (TPSA) is 51.5 Å². The number of carbonyl (C=O) groups is 2. The van der Waals surface area contributed by atoms with E-state index in [2.05, 4.69) is 5.32 Å². The molecule has 0 unspecified atom stereocenters. The van der Waals surface area contributed by atoms with Gasteiger partial charge >= 0.3 is 18.0 Å². The van der Waals surface area contributed by atoms with E-state index in [1.54, 1.807) is 0 Å². The van der Waals surface area contributed by atoms with Gasteiger partial charge in [-0.3, -0.25) is 14.5 Å². The summed E-state index contributed by atoms with van der Waals surface area (Å²) >= 11 is 0. The van der Waals surface area contributed by atoms with Gasteiger partial charge in [0.05, 0.1) is 11.8 Å². The van der Waals surface area contributed by atoms with Gasteiger partial charge in [0.1, 0.15) is 0 Å². The maximum absolute atomic E-state index is 12.6. The standard InChI is InChI=1S/C12H8F3N2O2/c1-7-6-16-10(18)11(19)17(7)9-4-2-3-8(5-9)12(13,14)15/h2-6H,1H3. The maximum Gasteiger partial charge on any atom is 0.416 e. The molecule has 99 valence electrons. The van der Waals surface area contributed by atoms with Crippen molar-refractivity contribution < 1.29 is 22.8 Å². The third kappa shape index (κ3) is 2.44. The molecular weight excluding hydrogens is 261 g/mol. The summed E-state index contributed by atoms with van der Waals surface area (Å²) < 4.78 is 37.8. The van der Waals surface area contributed by atoms with Crippen LogP contribution in [0, 0.1) is 0 Å². The largest absolute Gasteiger partial charge is 0.416 e. The number of hydrogen-bond donors (Lipinski definition) is 0. The fourth-order valence-electron chi connectivity index (χ4n) is 1.66. The van der Waals surface area contributed by atoms with E-state index in [4.69, 9.17) is 0 Å². The van der Waals surface area contributed by atoms with Crippen molar-refractivity contribution in [2.45, 2.75) is 13.1 Å². The number of amides is 2. The molecule has 7 heteroatoms. The average Bonchev–Trinajstić information content (AvgIpc) is 2.34. The molecule has 2 rings (SSSR count). The van der Waals surface area contributed by atoms with Crippen LogP contribution in [0.2, 0.25) is 0 Å². The smallest absolute Gasteiger partial charge is 0.275 e. The van der Waals surface area contributed by atoms with E-state index < -0.39 is 23.6 Å². The molecule has 19 heavy (non-hydrogen) atoms. The number of nitrogens with zero attached hydrogens (tertiary/aromatic N) is 2. The van der Waals surface area contributed by atoms with Gasteiger partial charge in [-0.2, -0.15) is 13.2 Å². The second-order valence-corrected chi connectivity index (χ2v) is 3.89. The molecule has 1 aliphatic rings. The van der Waals surface area contributed by atoms with Crippen molar-refractivity contribution in [1.82, 2.24) is 5.32 Å². The normalized spacial score (nSPS) is 16.2. The van der Waals surface area contributed by atoms with Crippen LogP contribution in [0.25, 0.3) is 0 Å². The van der Waals surface area contributed by atoms with Crippen molar-refractivity contribution >= 4 is 17.5 Å². The third-order valence-electron chi connectivity index (χ3n) is 2.54. The zero-order valence-corrected chi connectivity index (χ0v) is 9.73. The van der Waals surface area contributed by atoms with Crippen molar-refractivity contribution in [3.8, 4) is 0 Å². The van der Waals surface area contributed by atoms with Gasteiger partial charge in [-0.05, 0) is 25.1 Å². The van der Waals surface area contributed by atoms with E-state index in [9.17, 15) is 22.8 Å². The number of halogens is 3. The van der Waals surface area contributed by atoms with Gasteiger partial charge in [0.15, 0.2) is 0 Å². The zero-order chi connectivity index (χ0) is 14.2. The van der Waals surface area contributed by atoms with Crippen LogP contribution in [0.15, 0.2) is 36.2 Å². The molecule has 0 aromatic heterocycles. The Labute approximate surface area is 106 Å². The highest BCUT2D eigenvalue weighted by molar-refractivity contribution is 6.42. The summed E-state index contributed by atoms with van der Waals surface area (Å²) in [4.78, 5) is 23.7. The summed E-state index contributed by atoms with van der Waals surface area (Å²) in [6.45, 7) is 1.48. The minimum Gasteiger partial charge on any atom is -0.275 e. The van der Waals surface area contributed by atoms with Crippen molar-refractivity contribution in [2.24, 2.45) is 0 Å². The highest BCUT2D eigenvalue weighted by Crippen LogP contribution is 2.32. The summed E-state index contributed by atoms with van der Waals surface area (Å²) in [7, 11) is 0. The Balaban J connectivity index is 2.47. The van der Waals surface area contributed by atoms with Gasteiger partial charge in [0, 0.05) is 11.4 Å². The molecule has 2 amide bonds. The van der Waals surface area contributed by atoms with Crippen molar-refractivity contribution in [1.29, 1.82) is 0 Å². The van der Waals surface area contributed by atoms with E-state index in [-0.39, 0.29) is 11.4 Å². The lowest BCUT2D eigenvalue weighted by molar-refractivity contribution is -0.138. The molecule has 0 bridgehead atoms. The summed E-state index contributed by atoms with van der Waals surface area (Å²) in [6, 6.07) is 4.20. The maximum atomic E-state index is 12.6. The van der Waals surface area contributed by atoms with Gasteiger partial charge in [-0.1, -0.05) is 6.07 Å². The molecule has 0 fully saturated rings. The molecule has 1 radical (unpaired) electrons. The summed E-state index contributed by atoms with van der Waals surface area (Å²) in [6.07, 6.45) is -3.37. The molecule has 1 aromatic carbocycles. The van der Waals surface area contributed by atoms with Crippen LogP contribution in [0.4, 0.5) is 18.9 Å². The fourth-order valence-corrected chi connectivity index (χ4v) is 1.66. The molecule has 0 aliphatic carbocycles. The Hall–Kier alpha value is -2.31. The second-order valence-electron chi connectivity index (χ2n) is 3.89. The summed E-state index contributed by atoms with van der Waals surface area (Å²) in [5.74, 6) is -1.98. The molecule has 0 atom stereocenters. The fraction of sp³-hybridized carbons (Fsp3) is 0.167. The van der Waals surface area contributed by atoms with Crippen LogP contribution in [-0.2, 0) is 15.8 Å². The lowest BCUT2D eigenvalue weighted by atomic mass is 10.1. The first-order valence-electron chi connectivity index (χ1n) is 5.24. The number of alkyl halides is 3. The molecule has 0 saturated heterocycles. The first-order valence-corrected chi connectivity index (χ1v) is 5.24. The lowest BCUT2D eigenvalue weighted by Crippen LogP contribution is -2.42. The predicted molar refractivity (Wildman–Crippen MR) is 59.8 cm³/mol. The van der Waals surface area contributed by atoms with E-state index in [1.165, 1.54) is 19.1 Å². The predicted octanol–water partition coefficient (Wildman–Crippen LogP) is 2.04. The monoisotopic (exact) mass is 269 g/mol. The van der Waals surface area contributed by atoms with Gasteiger partial charge in [-0.15, -0.1) is 0 Å². The number of carbonyl (C=O) groups excluding carboxylic acids is 2. The minimum atomic E-state index is -4.51. The van der Waals surface area contributed by atoms with E-state index in [0.29, 0.717) is 0 Å². The van der Waals surface area contributed by atoms with E-state index in [1.807, 2.05) is 0 Å². The molecule has 4 nitrogen and oxygen atoms in total.